The standard InChI is InChI=1S/C20H26N4O3/c1-2-23(17-9-4-3-5-10-17)16-8-14-22-20(25)13-15-21-18-11-6-7-12-19(18)24(26)27/h3-7,9-12,21H,2,8,13-16H2,1H3,(H,22,25). The molecule has 0 aromatic heterocycles. The number of para-hydroxylation sites is 3. The van der Waals surface area contributed by atoms with Crippen molar-refractivity contribution in [2.45, 2.75) is 19.8 Å². The van der Waals surface area contributed by atoms with Crippen molar-refractivity contribution in [1.82, 2.24) is 5.32 Å². The Bertz CT molecular complexity index is 737. The molecule has 2 rings (SSSR count). The van der Waals surface area contributed by atoms with Gasteiger partial charge >= 0.3 is 0 Å². The van der Waals surface area contributed by atoms with Crippen LogP contribution in [0.4, 0.5) is 17.1 Å². The zero-order chi connectivity index (χ0) is 19.5. The van der Waals surface area contributed by atoms with E-state index in [0.717, 1.165) is 19.5 Å². The lowest BCUT2D eigenvalue weighted by atomic mass is 10.2. The van der Waals surface area contributed by atoms with E-state index in [9.17, 15) is 14.9 Å². The molecular formula is C20H26N4O3. The molecule has 7 heteroatoms. The fourth-order valence-corrected chi connectivity index (χ4v) is 2.79. The first-order valence-electron chi connectivity index (χ1n) is 9.15. The van der Waals surface area contributed by atoms with Crippen LogP contribution in [0.25, 0.3) is 0 Å². The maximum atomic E-state index is 11.9. The Kier molecular flexibility index (Phi) is 8.09. The van der Waals surface area contributed by atoms with Crippen LogP contribution in [-0.4, -0.2) is 37.0 Å². The second-order valence-corrected chi connectivity index (χ2v) is 6.07. The maximum absolute atomic E-state index is 11.9. The normalized spacial score (nSPS) is 10.3. The molecule has 0 heterocycles. The van der Waals surface area contributed by atoms with Gasteiger partial charge in [0.05, 0.1) is 4.92 Å². The predicted octanol–water partition coefficient (Wildman–Crippen LogP) is 3.43. The monoisotopic (exact) mass is 370 g/mol. The van der Waals surface area contributed by atoms with Crippen molar-refractivity contribution >= 4 is 23.0 Å². The molecule has 0 unspecified atom stereocenters. The van der Waals surface area contributed by atoms with Crippen molar-refractivity contribution in [2.24, 2.45) is 0 Å². The molecule has 0 aliphatic heterocycles. The minimum absolute atomic E-state index is 0.0125. The number of hydrogen-bond donors (Lipinski definition) is 2. The predicted molar refractivity (Wildman–Crippen MR) is 108 cm³/mol. The minimum Gasteiger partial charge on any atom is -0.379 e. The molecule has 1 amide bonds. The van der Waals surface area contributed by atoms with Crippen LogP contribution in [0.3, 0.4) is 0 Å². The van der Waals surface area contributed by atoms with E-state index in [-0.39, 0.29) is 18.0 Å². The first kappa shape index (κ1) is 20.2. The quantitative estimate of drug-likeness (QED) is 0.359. The molecule has 0 atom stereocenters. The van der Waals surface area contributed by atoms with Crippen molar-refractivity contribution in [3.8, 4) is 0 Å². The number of carbonyl (C=O) groups excluding carboxylic acids is 1. The highest BCUT2D eigenvalue weighted by Crippen LogP contribution is 2.22. The molecule has 0 saturated carbocycles. The lowest BCUT2D eigenvalue weighted by molar-refractivity contribution is -0.384. The number of nitro benzene ring substituents is 1. The van der Waals surface area contributed by atoms with Crippen LogP contribution in [0.15, 0.2) is 54.6 Å². The van der Waals surface area contributed by atoms with Gasteiger partial charge in [-0.25, -0.2) is 0 Å². The number of nitro groups is 1. The number of nitrogens with one attached hydrogen (secondary N) is 2. The smallest absolute Gasteiger partial charge is 0.292 e. The molecule has 0 bridgehead atoms. The summed E-state index contributed by atoms with van der Waals surface area (Å²) in [5, 5.41) is 16.8. The molecule has 7 nitrogen and oxygen atoms in total. The molecular weight excluding hydrogens is 344 g/mol. The Hall–Kier alpha value is -3.09. The number of nitrogens with zero attached hydrogens (tertiary/aromatic N) is 2. The summed E-state index contributed by atoms with van der Waals surface area (Å²) in [6, 6.07) is 16.6. The minimum atomic E-state index is -0.436. The number of anilines is 2. The van der Waals surface area contributed by atoms with Crippen molar-refractivity contribution in [3.63, 3.8) is 0 Å². The maximum Gasteiger partial charge on any atom is 0.292 e. The first-order valence-corrected chi connectivity index (χ1v) is 9.15. The molecule has 2 aromatic rings. The van der Waals surface area contributed by atoms with E-state index in [1.807, 2.05) is 18.2 Å². The van der Waals surface area contributed by atoms with Crippen molar-refractivity contribution in [2.75, 3.05) is 36.4 Å². The summed E-state index contributed by atoms with van der Waals surface area (Å²) in [6.45, 7) is 4.85. The number of rotatable bonds is 11. The summed E-state index contributed by atoms with van der Waals surface area (Å²) in [7, 11) is 0. The number of carbonyl (C=O) groups is 1. The van der Waals surface area contributed by atoms with Gasteiger partial charge in [-0.05, 0) is 31.5 Å². The van der Waals surface area contributed by atoms with Gasteiger partial charge < -0.3 is 15.5 Å². The first-order chi connectivity index (χ1) is 13.1. The molecule has 27 heavy (non-hydrogen) atoms. The number of amides is 1. The van der Waals surface area contributed by atoms with Crippen LogP contribution in [-0.2, 0) is 4.79 Å². The lowest BCUT2D eigenvalue weighted by Crippen LogP contribution is -2.30. The van der Waals surface area contributed by atoms with Crippen molar-refractivity contribution < 1.29 is 9.72 Å². The Labute approximate surface area is 159 Å². The van der Waals surface area contributed by atoms with Gasteiger partial charge in [0.15, 0.2) is 0 Å². The fraction of sp³-hybridized carbons (Fsp3) is 0.350. The topological polar surface area (TPSA) is 87.5 Å². The lowest BCUT2D eigenvalue weighted by Gasteiger charge is -2.23. The molecule has 0 aliphatic rings. The zero-order valence-corrected chi connectivity index (χ0v) is 15.6. The zero-order valence-electron chi connectivity index (χ0n) is 15.6. The summed E-state index contributed by atoms with van der Waals surface area (Å²) >= 11 is 0. The van der Waals surface area contributed by atoms with Gasteiger partial charge in [0, 0.05) is 44.4 Å². The molecule has 0 spiro atoms. The number of hydrogen-bond acceptors (Lipinski definition) is 5. The molecule has 0 saturated heterocycles. The summed E-state index contributed by atoms with van der Waals surface area (Å²) in [5.74, 6) is -0.0659. The molecule has 144 valence electrons. The van der Waals surface area contributed by atoms with Crippen molar-refractivity contribution in [1.29, 1.82) is 0 Å². The van der Waals surface area contributed by atoms with Gasteiger partial charge in [0.2, 0.25) is 5.91 Å². The average Bonchev–Trinajstić information content (AvgIpc) is 2.69. The van der Waals surface area contributed by atoms with Gasteiger partial charge in [0.1, 0.15) is 5.69 Å². The van der Waals surface area contributed by atoms with Gasteiger partial charge in [-0.3, -0.25) is 14.9 Å². The number of benzene rings is 2. The van der Waals surface area contributed by atoms with E-state index >= 15 is 0 Å². The highest BCUT2D eigenvalue weighted by atomic mass is 16.6. The fourth-order valence-electron chi connectivity index (χ4n) is 2.79. The third-order valence-electron chi connectivity index (χ3n) is 4.20. The Balaban J connectivity index is 1.66. The van der Waals surface area contributed by atoms with Crippen LogP contribution in [0, 0.1) is 10.1 Å². The molecule has 2 N–H and O–H groups in total. The highest BCUT2D eigenvalue weighted by molar-refractivity contribution is 5.76. The van der Waals surface area contributed by atoms with E-state index < -0.39 is 4.92 Å². The van der Waals surface area contributed by atoms with E-state index in [4.69, 9.17) is 0 Å². The van der Waals surface area contributed by atoms with E-state index in [0.29, 0.717) is 18.8 Å². The van der Waals surface area contributed by atoms with Crippen LogP contribution in [0.5, 0.6) is 0 Å². The summed E-state index contributed by atoms with van der Waals surface area (Å²) in [6.07, 6.45) is 1.12. The molecule has 0 fully saturated rings. The Morgan fingerprint density at radius 1 is 1.07 bits per heavy atom. The van der Waals surface area contributed by atoms with Gasteiger partial charge in [-0.1, -0.05) is 30.3 Å². The summed E-state index contributed by atoms with van der Waals surface area (Å²) in [5.41, 5.74) is 1.62. The van der Waals surface area contributed by atoms with Gasteiger partial charge in [-0.2, -0.15) is 0 Å². The van der Waals surface area contributed by atoms with Gasteiger partial charge in [0.25, 0.3) is 5.69 Å². The third kappa shape index (κ3) is 6.62. The second kappa shape index (κ2) is 10.8. The third-order valence-corrected chi connectivity index (χ3v) is 4.20. The van der Waals surface area contributed by atoms with E-state index in [2.05, 4.69) is 34.6 Å². The van der Waals surface area contributed by atoms with Crippen molar-refractivity contribution in [3.05, 3.63) is 64.7 Å². The van der Waals surface area contributed by atoms with Crippen LogP contribution < -0.4 is 15.5 Å². The van der Waals surface area contributed by atoms with Crippen LogP contribution in [0.2, 0.25) is 0 Å². The Morgan fingerprint density at radius 2 is 1.78 bits per heavy atom. The summed E-state index contributed by atoms with van der Waals surface area (Å²) < 4.78 is 0. The van der Waals surface area contributed by atoms with Crippen LogP contribution >= 0.6 is 0 Å². The average molecular weight is 370 g/mol. The summed E-state index contributed by atoms with van der Waals surface area (Å²) in [4.78, 5) is 24.7. The van der Waals surface area contributed by atoms with Crippen LogP contribution in [0.1, 0.15) is 19.8 Å². The second-order valence-electron chi connectivity index (χ2n) is 6.07. The SMILES string of the molecule is CCN(CCCNC(=O)CCNc1ccccc1[N+](=O)[O-])c1ccccc1. The highest BCUT2D eigenvalue weighted by Gasteiger charge is 2.12. The van der Waals surface area contributed by atoms with E-state index in [1.54, 1.807) is 18.2 Å². The van der Waals surface area contributed by atoms with E-state index in [1.165, 1.54) is 11.8 Å². The van der Waals surface area contributed by atoms with Gasteiger partial charge in [-0.15, -0.1) is 0 Å². The molecule has 0 radical (unpaired) electrons. The Morgan fingerprint density at radius 3 is 2.48 bits per heavy atom. The molecule has 0 aliphatic carbocycles. The largest absolute Gasteiger partial charge is 0.379 e. The molecule has 2 aromatic carbocycles.